The Kier molecular flexibility index (Phi) is 3.67. The molecule has 0 heterocycles. The van der Waals surface area contributed by atoms with E-state index in [1.165, 1.54) is 0 Å². The van der Waals surface area contributed by atoms with Crippen LogP contribution in [0.5, 0.6) is 0 Å². The summed E-state index contributed by atoms with van der Waals surface area (Å²) in [6.07, 6.45) is 0. The molecule has 3 N–H and O–H groups in total. The van der Waals surface area contributed by atoms with Gasteiger partial charge in [0.2, 0.25) is 0 Å². The third-order valence-corrected chi connectivity index (χ3v) is 4.34. The molecule has 0 aliphatic heterocycles. The predicted octanol–water partition coefficient (Wildman–Crippen LogP) is 2.83. The summed E-state index contributed by atoms with van der Waals surface area (Å²) >= 11 is 0. The molecule has 0 aliphatic rings. The number of hydrogen-bond donors (Lipinski definition) is 2. The molecule has 0 aromatic heterocycles. The Morgan fingerprint density at radius 3 is 2.45 bits per heavy atom. The molecule has 0 amide bonds. The van der Waals surface area contributed by atoms with Crippen LogP contribution in [0.4, 0.5) is 15.8 Å². The quantitative estimate of drug-likeness (QED) is 0.855. The van der Waals surface area contributed by atoms with E-state index in [-0.39, 0.29) is 10.6 Å². The highest BCUT2D eigenvalue weighted by Gasteiger charge is 2.18. The van der Waals surface area contributed by atoms with E-state index >= 15 is 0 Å². The minimum Gasteiger partial charge on any atom is -0.398 e. The molecule has 2 aromatic carbocycles. The SMILES string of the molecule is Cc1ccc(C)c(NS(=O)(=O)c2ccc(F)cc2N)c1. The lowest BCUT2D eigenvalue weighted by molar-refractivity contribution is 0.600. The van der Waals surface area contributed by atoms with Crippen molar-refractivity contribution in [1.29, 1.82) is 0 Å². The molecular formula is C14H15FN2O2S. The van der Waals surface area contributed by atoms with Crippen molar-refractivity contribution < 1.29 is 12.8 Å². The third-order valence-electron chi connectivity index (χ3n) is 2.90. The van der Waals surface area contributed by atoms with Gasteiger partial charge in [-0.25, -0.2) is 12.8 Å². The van der Waals surface area contributed by atoms with Crippen LogP contribution in [-0.4, -0.2) is 8.42 Å². The van der Waals surface area contributed by atoms with Crippen molar-refractivity contribution >= 4 is 21.4 Å². The number of aryl methyl sites for hydroxylation is 2. The summed E-state index contributed by atoms with van der Waals surface area (Å²) in [6.45, 7) is 3.66. The van der Waals surface area contributed by atoms with Gasteiger partial charge in [0, 0.05) is 0 Å². The number of hydrogen-bond acceptors (Lipinski definition) is 3. The summed E-state index contributed by atoms with van der Waals surface area (Å²) < 4.78 is 40.0. The van der Waals surface area contributed by atoms with Gasteiger partial charge in [0.15, 0.2) is 0 Å². The lowest BCUT2D eigenvalue weighted by Gasteiger charge is -2.12. The summed E-state index contributed by atoms with van der Waals surface area (Å²) in [5, 5.41) is 0. The van der Waals surface area contributed by atoms with Crippen molar-refractivity contribution in [1.82, 2.24) is 0 Å². The smallest absolute Gasteiger partial charge is 0.263 e. The molecular weight excluding hydrogens is 279 g/mol. The Bertz CT molecular complexity index is 758. The summed E-state index contributed by atoms with van der Waals surface area (Å²) in [5.74, 6) is -0.576. The largest absolute Gasteiger partial charge is 0.398 e. The third kappa shape index (κ3) is 2.91. The number of nitrogen functional groups attached to an aromatic ring is 1. The zero-order valence-electron chi connectivity index (χ0n) is 11.1. The number of rotatable bonds is 3. The van der Waals surface area contributed by atoms with Gasteiger partial charge in [-0.15, -0.1) is 0 Å². The van der Waals surface area contributed by atoms with Crippen LogP contribution in [0.1, 0.15) is 11.1 Å². The standard InChI is InChI=1S/C14H15FN2O2S/c1-9-3-4-10(2)13(7-9)17-20(18,19)14-6-5-11(15)8-12(14)16/h3-8,17H,16H2,1-2H3. The van der Waals surface area contributed by atoms with Gasteiger partial charge in [0.05, 0.1) is 11.4 Å². The Balaban J connectivity index is 2.43. The average molecular weight is 294 g/mol. The lowest BCUT2D eigenvalue weighted by atomic mass is 10.1. The molecule has 0 saturated heterocycles. The van der Waals surface area contributed by atoms with Gasteiger partial charge >= 0.3 is 0 Å². The van der Waals surface area contributed by atoms with E-state index in [2.05, 4.69) is 4.72 Å². The Morgan fingerprint density at radius 2 is 1.80 bits per heavy atom. The summed E-state index contributed by atoms with van der Waals surface area (Å²) in [6, 6.07) is 8.64. The van der Waals surface area contributed by atoms with Gasteiger partial charge in [-0.05, 0) is 49.2 Å². The average Bonchev–Trinajstić information content (AvgIpc) is 2.33. The fourth-order valence-electron chi connectivity index (χ4n) is 1.81. The van der Waals surface area contributed by atoms with E-state index in [1.54, 1.807) is 13.0 Å². The van der Waals surface area contributed by atoms with Gasteiger partial charge in [-0.2, -0.15) is 0 Å². The fraction of sp³-hybridized carbons (Fsp3) is 0.143. The van der Waals surface area contributed by atoms with Crippen LogP contribution < -0.4 is 10.5 Å². The molecule has 0 unspecified atom stereocenters. The molecule has 0 bridgehead atoms. The second-order valence-corrected chi connectivity index (χ2v) is 6.26. The van der Waals surface area contributed by atoms with E-state index in [1.807, 2.05) is 19.1 Å². The molecule has 4 nitrogen and oxygen atoms in total. The number of anilines is 2. The van der Waals surface area contributed by atoms with E-state index in [0.29, 0.717) is 5.69 Å². The maximum absolute atomic E-state index is 13.0. The fourth-order valence-corrected chi connectivity index (χ4v) is 3.05. The Labute approximate surface area is 117 Å². The number of sulfonamides is 1. The zero-order valence-corrected chi connectivity index (χ0v) is 12.0. The highest BCUT2D eigenvalue weighted by Crippen LogP contribution is 2.24. The zero-order chi connectivity index (χ0) is 14.9. The van der Waals surface area contributed by atoms with E-state index in [4.69, 9.17) is 5.73 Å². The maximum Gasteiger partial charge on any atom is 0.263 e. The monoisotopic (exact) mass is 294 g/mol. The Morgan fingerprint density at radius 1 is 1.10 bits per heavy atom. The molecule has 0 atom stereocenters. The van der Waals surface area contributed by atoms with Crippen LogP contribution in [-0.2, 0) is 10.0 Å². The lowest BCUT2D eigenvalue weighted by Crippen LogP contribution is -2.15. The molecule has 6 heteroatoms. The van der Waals surface area contributed by atoms with E-state index < -0.39 is 15.8 Å². The molecule has 20 heavy (non-hydrogen) atoms. The normalized spacial score (nSPS) is 11.3. The summed E-state index contributed by atoms with van der Waals surface area (Å²) in [7, 11) is -3.84. The summed E-state index contributed by atoms with van der Waals surface area (Å²) in [4.78, 5) is -0.139. The van der Waals surface area contributed by atoms with Crippen LogP contribution in [0, 0.1) is 19.7 Å². The Hall–Kier alpha value is -2.08. The van der Waals surface area contributed by atoms with Gasteiger partial charge in [0.25, 0.3) is 10.0 Å². The van der Waals surface area contributed by atoms with E-state index in [9.17, 15) is 12.8 Å². The molecule has 2 rings (SSSR count). The first-order chi connectivity index (χ1) is 9.29. The van der Waals surface area contributed by atoms with Crippen molar-refractivity contribution in [3.8, 4) is 0 Å². The van der Waals surface area contributed by atoms with Crippen molar-refractivity contribution in [2.75, 3.05) is 10.5 Å². The molecule has 0 aliphatic carbocycles. The number of nitrogens with one attached hydrogen (secondary N) is 1. The molecule has 0 saturated carbocycles. The minimum absolute atomic E-state index is 0.122. The van der Waals surface area contributed by atoms with Gasteiger partial charge in [-0.3, -0.25) is 4.72 Å². The van der Waals surface area contributed by atoms with Crippen molar-refractivity contribution in [3.05, 3.63) is 53.3 Å². The van der Waals surface area contributed by atoms with Crippen LogP contribution in [0.2, 0.25) is 0 Å². The van der Waals surface area contributed by atoms with Gasteiger partial charge in [-0.1, -0.05) is 12.1 Å². The van der Waals surface area contributed by atoms with Crippen LogP contribution in [0.25, 0.3) is 0 Å². The van der Waals surface area contributed by atoms with Crippen LogP contribution in [0.15, 0.2) is 41.3 Å². The van der Waals surface area contributed by atoms with Crippen LogP contribution in [0.3, 0.4) is 0 Å². The van der Waals surface area contributed by atoms with E-state index in [0.717, 1.165) is 29.3 Å². The van der Waals surface area contributed by atoms with Crippen molar-refractivity contribution in [2.24, 2.45) is 0 Å². The van der Waals surface area contributed by atoms with Crippen molar-refractivity contribution in [2.45, 2.75) is 18.7 Å². The number of benzene rings is 2. The number of halogens is 1. The molecule has 0 radical (unpaired) electrons. The maximum atomic E-state index is 13.0. The molecule has 0 spiro atoms. The number of nitrogens with two attached hydrogens (primary N) is 1. The van der Waals surface area contributed by atoms with Gasteiger partial charge < -0.3 is 5.73 Å². The first kappa shape index (κ1) is 14.3. The minimum atomic E-state index is -3.84. The molecule has 0 fully saturated rings. The first-order valence-electron chi connectivity index (χ1n) is 5.95. The highest BCUT2D eigenvalue weighted by molar-refractivity contribution is 7.92. The molecule has 106 valence electrons. The highest BCUT2D eigenvalue weighted by atomic mass is 32.2. The predicted molar refractivity (Wildman–Crippen MR) is 77.5 cm³/mol. The van der Waals surface area contributed by atoms with Crippen LogP contribution >= 0.6 is 0 Å². The summed E-state index contributed by atoms with van der Waals surface area (Å²) in [5.41, 5.74) is 7.65. The van der Waals surface area contributed by atoms with Crippen molar-refractivity contribution in [3.63, 3.8) is 0 Å². The second-order valence-electron chi connectivity index (χ2n) is 4.61. The second kappa shape index (κ2) is 5.13. The molecule has 2 aromatic rings. The van der Waals surface area contributed by atoms with Gasteiger partial charge in [0.1, 0.15) is 10.7 Å². The first-order valence-corrected chi connectivity index (χ1v) is 7.43. The topological polar surface area (TPSA) is 72.2 Å².